The highest BCUT2D eigenvalue weighted by atomic mass is 79.9. The molecule has 0 unspecified atom stereocenters. The molecule has 0 spiro atoms. The van der Waals surface area contributed by atoms with Crippen molar-refractivity contribution in [1.29, 1.82) is 0 Å². The summed E-state index contributed by atoms with van der Waals surface area (Å²) in [7, 11) is 0. The van der Waals surface area contributed by atoms with Crippen LogP contribution in [0.2, 0.25) is 0 Å². The average molecular weight is 320 g/mol. The quantitative estimate of drug-likeness (QED) is 0.344. The first-order chi connectivity index (χ1) is 9.26. The average Bonchev–Trinajstić information content (AvgIpc) is 3.21. The standard InChI is InChI=1S/C13H14BrN5/c14-9-6-8-2-1-3-11(12(8)16-7-9)18-13(19-15)17-10-4-5-10/h1-3,6-7,10H,4-5,15H2,(H2,17,18,19). The molecule has 0 saturated heterocycles. The number of hydrazine groups is 1. The van der Waals surface area contributed by atoms with Gasteiger partial charge in [-0.25, -0.2) is 10.8 Å². The highest BCUT2D eigenvalue weighted by Gasteiger charge is 2.21. The van der Waals surface area contributed by atoms with Crippen molar-refractivity contribution >= 4 is 38.5 Å². The Hall–Kier alpha value is -1.66. The van der Waals surface area contributed by atoms with E-state index in [1.807, 2.05) is 24.3 Å². The molecule has 1 fully saturated rings. The smallest absolute Gasteiger partial charge is 0.210 e. The van der Waals surface area contributed by atoms with Crippen molar-refractivity contribution in [3.05, 3.63) is 34.9 Å². The molecule has 0 bridgehead atoms. The molecular formula is C13H14BrN5. The van der Waals surface area contributed by atoms with Crippen molar-refractivity contribution < 1.29 is 0 Å². The summed E-state index contributed by atoms with van der Waals surface area (Å²) >= 11 is 3.42. The predicted octanol–water partition coefficient (Wildman–Crippen LogP) is 2.39. The van der Waals surface area contributed by atoms with E-state index in [1.165, 1.54) is 0 Å². The van der Waals surface area contributed by atoms with Crippen molar-refractivity contribution in [3.63, 3.8) is 0 Å². The summed E-state index contributed by atoms with van der Waals surface area (Å²) in [5, 5.41) is 4.26. The number of fused-ring (bicyclic) bond motifs is 1. The van der Waals surface area contributed by atoms with Gasteiger partial charge in [0.2, 0.25) is 5.96 Å². The Balaban J connectivity index is 1.95. The molecule has 1 heterocycles. The molecule has 1 aromatic carbocycles. The fourth-order valence-electron chi connectivity index (χ4n) is 1.85. The Morgan fingerprint density at radius 1 is 1.42 bits per heavy atom. The van der Waals surface area contributed by atoms with E-state index in [0.717, 1.165) is 33.9 Å². The highest BCUT2D eigenvalue weighted by Crippen LogP contribution is 2.25. The van der Waals surface area contributed by atoms with Gasteiger partial charge >= 0.3 is 0 Å². The highest BCUT2D eigenvalue weighted by molar-refractivity contribution is 9.10. The number of nitrogens with one attached hydrogen (secondary N) is 2. The van der Waals surface area contributed by atoms with Gasteiger partial charge in [-0.15, -0.1) is 0 Å². The van der Waals surface area contributed by atoms with Crippen LogP contribution in [0.15, 0.2) is 39.9 Å². The molecule has 1 saturated carbocycles. The van der Waals surface area contributed by atoms with Crippen LogP contribution in [0.25, 0.3) is 10.9 Å². The SMILES string of the molecule is NNC(=NC1CC1)Nc1cccc2cc(Br)cnc12. The van der Waals surface area contributed by atoms with Crippen LogP contribution in [0.3, 0.4) is 0 Å². The van der Waals surface area contributed by atoms with E-state index >= 15 is 0 Å². The summed E-state index contributed by atoms with van der Waals surface area (Å²) in [4.78, 5) is 8.89. The Kier molecular flexibility index (Phi) is 3.35. The van der Waals surface area contributed by atoms with Crippen molar-refractivity contribution in [2.45, 2.75) is 18.9 Å². The van der Waals surface area contributed by atoms with Gasteiger partial charge in [0.05, 0.1) is 17.2 Å². The molecule has 19 heavy (non-hydrogen) atoms. The van der Waals surface area contributed by atoms with Crippen LogP contribution in [-0.2, 0) is 0 Å². The zero-order chi connectivity index (χ0) is 13.2. The van der Waals surface area contributed by atoms with Crippen molar-refractivity contribution in [2.75, 3.05) is 5.32 Å². The minimum absolute atomic E-state index is 0.399. The lowest BCUT2D eigenvalue weighted by Gasteiger charge is -2.11. The molecule has 0 aliphatic heterocycles. The van der Waals surface area contributed by atoms with Gasteiger partial charge in [-0.1, -0.05) is 12.1 Å². The first-order valence-electron chi connectivity index (χ1n) is 6.12. The number of pyridine rings is 1. The van der Waals surface area contributed by atoms with E-state index in [4.69, 9.17) is 5.84 Å². The van der Waals surface area contributed by atoms with Crippen LogP contribution in [0.4, 0.5) is 5.69 Å². The number of hydrogen-bond acceptors (Lipinski definition) is 3. The molecule has 2 aromatic rings. The lowest BCUT2D eigenvalue weighted by atomic mass is 10.2. The number of guanidine groups is 1. The molecule has 4 N–H and O–H groups in total. The van der Waals surface area contributed by atoms with Crippen molar-refractivity contribution in [2.24, 2.45) is 10.8 Å². The second kappa shape index (κ2) is 5.14. The molecule has 1 aromatic heterocycles. The maximum absolute atomic E-state index is 5.49. The molecule has 6 heteroatoms. The molecule has 0 atom stereocenters. The van der Waals surface area contributed by atoms with E-state index in [2.05, 4.69) is 36.6 Å². The Morgan fingerprint density at radius 2 is 2.26 bits per heavy atom. The van der Waals surface area contributed by atoms with Crippen LogP contribution >= 0.6 is 15.9 Å². The molecule has 98 valence electrons. The first-order valence-corrected chi connectivity index (χ1v) is 6.91. The van der Waals surface area contributed by atoms with Gasteiger partial charge in [-0.2, -0.15) is 0 Å². The molecule has 1 aliphatic carbocycles. The number of halogens is 1. The Labute approximate surface area is 119 Å². The summed E-state index contributed by atoms with van der Waals surface area (Å²) in [6, 6.07) is 8.38. The molecule has 5 nitrogen and oxygen atoms in total. The van der Waals surface area contributed by atoms with Crippen LogP contribution in [-0.4, -0.2) is 17.0 Å². The van der Waals surface area contributed by atoms with E-state index in [9.17, 15) is 0 Å². The third-order valence-electron chi connectivity index (χ3n) is 2.93. The zero-order valence-corrected chi connectivity index (χ0v) is 11.8. The number of aromatic nitrogens is 1. The Morgan fingerprint density at radius 3 is 3.00 bits per heavy atom. The van der Waals surface area contributed by atoms with Crippen molar-refractivity contribution in [3.8, 4) is 0 Å². The monoisotopic (exact) mass is 319 g/mol. The third-order valence-corrected chi connectivity index (χ3v) is 3.36. The maximum Gasteiger partial charge on any atom is 0.210 e. The summed E-state index contributed by atoms with van der Waals surface area (Å²) in [6.45, 7) is 0. The first kappa shape index (κ1) is 12.4. The molecule has 3 rings (SSSR count). The summed E-state index contributed by atoms with van der Waals surface area (Å²) in [5.74, 6) is 6.08. The molecule has 1 aliphatic rings. The molecule has 0 radical (unpaired) electrons. The fraction of sp³-hybridized carbons (Fsp3) is 0.231. The molecular weight excluding hydrogens is 306 g/mol. The summed E-state index contributed by atoms with van der Waals surface area (Å²) < 4.78 is 0.959. The summed E-state index contributed by atoms with van der Waals surface area (Å²) in [6.07, 6.45) is 4.04. The van der Waals surface area contributed by atoms with E-state index in [-0.39, 0.29) is 0 Å². The van der Waals surface area contributed by atoms with Crippen molar-refractivity contribution in [1.82, 2.24) is 10.4 Å². The van der Waals surface area contributed by atoms with Crippen LogP contribution in [0.5, 0.6) is 0 Å². The predicted molar refractivity (Wildman–Crippen MR) is 80.8 cm³/mol. The number of para-hydroxylation sites is 1. The van der Waals surface area contributed by atoms with Gasteiger partial charge in [-0.05, 0) is 40.9 Å². The number of nitrogens with zero attached hydrogens (tertiary/aromatic N) is 2. The van der Waals surface area contributed by atoms with Gasteiger partial charge in [-0.3, -0.25) is 10.4 Å². The Bertz CT molecular complexity index is 636. The number of hydrogen-bond donors (Lipinski definition) is 3. The number of nitrogens with two attached hydrogens (primary N) is 1. The normalized spacial score (nSPS) is 15.6. The van der Waals surface area contributed by atoms with Gasteiger partial charge in [0.1, 0.15) is 0 Å². The summed E-state index contributed by atoms with van der Waals surface area (Å²) in [5.41, 5.74) is 4.38. The van der Waals surface area contributed by atoms with Crippen LogP contribution in [0, 0.1) is 0 Å². The molecule has 0 amide bonds. The van der Waals surface area contributed by atoms with E-state index in [1.54, 1.807) is 6.20 Å². The lowest BCUT2D eigenvalue weighted by Crippen LogP contribution is -2.36. The largest absolute Gasteiger partial charge is 0.323 e. The number of aliphatic imine (C=N–C) groups is 1. The van der Waals surface area contributed by atoms with E-state index < -0.39 is 0 Å². The van der Waals surface area contributed by atoms with Gasteiger partial charge < -0.3 is 5.32 Å². The number of benzene rings is 1. The lowest BCUT2D eigenvalue weighted by molar-refractivity contribution is 0.966. The minimum Gasteiger partial charge on any atom is -0.323 e. The number of rotatable bonds is 2. The second-order valence-electron chi connectivity index (χ2n) is 4.51. The van der Waals surface area contributed by atoms with E-state index in [0.29, 0.717) is 12.0 Å². The zero-order valence-electron chi connectivity index (χ0n) is 10.2. The fourth-order valence-corrected chi connectivity index (χ4v) is 2.20. The number of anilines is 1. The van der Waals surface area contributed by atoms with Gasteiger partial charge in [0.15, 0.2) is 0 Å². The van der Waals surface area contributed by atoms with Crippen LogP contribution < -0.4 is 16.6 Å². The van der Waals surface area contributed by atoms with Gasteiger partial charge in [0, 0.05) is 16.1 Å². The van der Waals surface area contributed by atoms with Crippen LogP contribution in [0.1, 0.15) is 12.8 Å². The van der Waals surface area contributed by atoms with Gasteiger partial charge in [0.25, 0.3) is 0 Å². The third kappa shape index (κ3) is 2.85. The second-order valence-corrected chi connectivity index (χ2v) is 5.42. The minimum atomic E-state index is 0.399. The maximum atomic E-state index is 5.49. The topological polar surface area (TPSA) is 75.3 Å².